The Morgan fingerprint density at radius 2 is 1.67 bits per heavy atom. The molecular weight excluding hydrogens is 181 g/mol. The van der Waals surface area contributed by atoms with Gasteiger partial charge in [0.15, 0.2) is 6.16 Å². The van der Waals surface area contributed by atoms with Crippen molar-refractivity contribution < 1.29 is 19.8 Å². The van der Waals surface area contributed by atoms with Crippen molar-refractivity contribution in [1.29, 1.82) is 0 Å². The van der Waals surface area contributed by atoms with Crippen LogP contribution in [0.25, 0.3) is 0 Å². The van der Waals surface area contributed by atoms with Gasteiger partial charge in [0.05, 0.1) is 0 Å². The zero-order valence-electron chi connectivity index (χ0n) is 6.98. The van der Waals surface area contributed by atoms with Crippen molar-refractivity contribution >= 4 is 7.94 Å². The van der Waals surface area contributed by atoms with Crippen molar-refractivity contribution in [3.63, 3.8) is 0 Å². The number of rotatable bonds is 7. The molecule has 0 aromatic carbocycles. The fraction of sp³-hybridized carbons (Fsp3) is 1.00. The summed E-state index contributed by atoms with van der Waals surface area (Å²) in [7, 11) is -3.58. The molecule has 5 N–H and O–H groups in total. The van der Waals surface area contributed by atoms with E-state index in [1.807, 2.05) is 0 Å². The average molecular weight is 198 g/mol. The van der Waals surface area contributed by atoms with Gasteiger partial charge in [0, 0.05) is 13.2 Å². The summed E-state index contributed by atoms with van der Waals surface area (Å²) in [5.41, 5.74) is 0. The molecule has 0 unspecified atom stereocenters. The van der Waals surface area contributed by atoms with Gasteiger partial charge >= 0.3 is 7.94 Å². The molecule has 0 atom stereocenters. The van der Waals surface area contributed by atoms with Crippen molar-refractivity contribution in [3.05, 3.63) is 0 Å². The van der Waals surface area contributed by atoms with E-state index in [2.05, 4.69) is 5.32 Å². The summed E-state index contributed by atoms with van der Waals surface area (Å²) in [5.74, 6) is 0. The van der Waals surface area contributed by atoms with Crippen molar-refractivity contribution in [2.45, 2.75) is 12.8 Å². The summed E-state index contributed by atoms with van der Waals surface area (Å²) in [5, 5.41) is 11.3. The van der Waals surface area contributed by atoms with Gasteiger partial charge in [-0.25, -0.2) is 0 Å². The standard InChI is InChI=1S/C6H17NO4P/c8-5-2-1-3-7-4-6-12(9,10)11/h7-11H,1-6H2/q+1. The fourth-order valence-corrected chi connectivity index (χ4v) is 1.17. The van der Waals surface area contributed by atoms with Gasteiger partial charge in [0.2, 0.25) is 0 Å². The Labute approximate surface area is 72.6 Å². The number of aliphatic hydroxyl groups is 1. The summed E-state index contributed by atoms with van der Waals surface area (Å²) in [6.07, 6.45) is 1.58. The minimum absolute atomic E-state index is 0.00781. The highest BCUT2D eigenvalue weighted by Gasteiger charge is 2.27. The highest BCUT2D eigenvalue weighted by atomic mass is 31.2. The van der Waals surface area contributed by atoms with Crippen LogP contribution < -0.4 is 5.32 Å². The second kappa shape index (κ2) is 6.71. The summed E-state index contributed by atoms with van der Waals surface area (Å²) in [6.45, 7) is 1.29. The van der Waals surface area contributed by atoms with Crippen LogP contribution in [0, 0.1) is 0 Å². The molecule has 0 bridgehead atoms. The second-order valence-corrected chi connectivity index (χ2v) is 4.43. The van der Waals surface area contributed by atoms with Crippen LogP contribution in [0.15, 0.2) is 0 Å². The van der Waals surface area contributed by atoms with Crippen LogP contribution in [0.5, 0.6) is 0 Å². The third kappa shape index (κ3) is 10.2. The Kier molecular flexibility index (Phi) is 6.84. The molecule has 0 aliphatic rings. The van der Waals surface area contributed by atoms with Crippen molar-refractivity contribution in [2.75, 3.05) is 25.9 Å². The van der Waals surface area contributed by atoms with E-state index in [1.165, 1.54) is 0 Å². The summed E-state index contributed by atoms with van der Waals surface area (Å²) >= 11 is 0. The molecule has 5 nitrogen and oxygen atoms in total. The second-order valence-electron chi connectivity index (χ2n) is 2.60. The number of unbranched alkanes of at least 4 members (excludes halogenated alkanes) is 1. The van der Waals surface area contributed by atoms with E-state index in [1.54, 1.807) is 0 Å². The number of aliphatic hydroxyl groups excluding tert-OH is 1. The maximum atomic E-state index is 8.56. The highest BCUT2D eigenvalue weighted by molar-refractivity contribution is 7.58. The molecule has 74 valence electrons. The van der Waals surface area contributed by atoms with E-state index >= 15 is 0 Å². The molecule has 0 radical (unpaired) electrons. The van der Waals surface area contributed by atoms with E-state index in [0.717, 1.165) is 19.4 Å². The predicted molar refractivity (Wildman–Crippen MR) is 47.6 cm³/mol. The molecule has 0 aromatic rings. The van der Waals surface area contributed by atoms with Gasteiger partial charge in [0.1, 0.15) is 0 Å². The SMILES string of the molecule is OCCCCNCC[P+](O)(O)O. The quantitative estimate of drug-likeness (QED) is 0.270. The molecule has 0 amide bonds. The molecule has 0 aromatic heterocycles. The number of hydrogen-bond donors (Lipinski definition) is 5. The van der Waals surface area contributed by atoms with Gasteiger partial charge in [0.25, 0.3) is 0 Å². The molecule has 12 heavy (non-hydrogen) atoms. The van der Waals surface area contributed by atoms with Crippen molar-refractivity contribution in [2.24, 2.45) is 0 Å². The monoisotopic (exact) mass is 198 g/mol. The minimum Gasteiger partial charge on any atom is -0.396 e. The van der Waals surface area contributed by atoms with E-state index in [9.17, 15) is 0 Å². The van der Waals surface area contributed by atoms with Crippen LogP contribution in [0.1, 0.15) is 12.8 Å². The average Bonchev–Trinajstić information content (AvgIpc) is 1.94. The lowest BCUT2D eigenvalue weighted by Crippen LogP contribution is -2.20. The van der Waals surface area contributed by atoms with E-state index < -0.39 is 7.94 Å². The van der Waals surface area contributed by atoms with Crippen LogP contribution in [-0.4, -0.2) is 45.6 Å². The van der Waals surface area contributed by atoms with E-state index in [-0.39, 0.29) is 12.8 Å². The summed E-state index contributed by atoms with van der Waals surface area (Å²) in [4.78, 5) is 25.7. The van der Waals surface area contributed by atoms with Crippen LogP contribution in [0.3, 0.4) is 0 Å². The van der Waals surface area contributed by atoms with E-state index in [0.29, 0.717) is 6.54 Å². The first kappa shape index (κ1) is 12.2. The molecule has 0 saturated carbocycles. The summed E-state index contributed by atoms with van der Waals surface area (Å²) < 4.78 is 0. The molecule has 0 spiro atoms. The third-order valence-corrected chi connectivity index (χ3v) is 2.17. The van der Waals surface area contributed by atoms with Crippen molar-refractivity contribution in [3.8, 4) is 0 Å². The number of nitrogens with one attached hydrogen (secondary N) is 1. The molecule has 0 aliphatic heterocycles. The van der Waals surface area contributed by atoms with Crippen LogP contribution in [0.2, 0.25) is 0 Å². The Bertz CT molecular complexity index is 106. The van der Waals surface area contributed by atoms with Gasteiger partial charge in [-0.05, 0) is 19.4 Å². The molecular formula is C6H17NO4P+. The van der Waals surface area contributed by atoms with Gasteiger partial charge in [-0.2, -0.15) is 14.7 Å². The van der Waals surface area contributed by atoms with Crippen LogP contribution >= 0.6 is 7.94 Å². The van der Waals surface area contributed by atoms with Crippen LogP contribution in [-0.2, 0) is 0 Å². The molecule has 0 saturated heterocycles. The first-order chi connectivity index (χ1) is 5.56. The predicted octanol–water partition coefficient (Wildman–Crippen LogP) is -0.912. The molecule has 0 aliphatic carbocycles. The lowest BCUT2D eigenvalue weighted by molar-refractivity contribution is 0.283. The van der Waals surface area contributed by atoms with Crippen LogP contribution in [0.4, 0.5) is 0 Å². The Hall–Kier alpha value is 0.230. The lowest BCUT2D eigenvalue weighted by atomic mass is 10.3. The zero-order valence-corrected chi connectivity index (χ0v) is 7.87. The third-order valence-electron chi connectivity index (χ3n) is 1.35. The lowest BCUT2D eigenvalue weighted by Gasteiger charge is -2.04. The molecule has 0 fully saturated rings. The summed E-state index contributed by atoms with van der Waals surface area (Å²) in [6, 6.07) is 0. The maximum Gasteiger partial charge on any atom is 0.405 e. The first-order valence-electron chi connectivity index (χ1n) is 3.94. The topological polar surface area (TPSA) is 93.0 Å². The largest absolute Gasteiger partial charge is 0.405 e. The van der Waals surface area contributed by atoms with Gasteiger partial charge in [-0.1, -0.05) is 0 Å². The maximum absolute atomic E-state index is 8.56. The Balaban J connectivity index is 3.01. The van der Waals surface area contributed by atoms with Gasteiger partial charge in [-0.15, -0.1) is 0 Å². The minimum atomic E-state index is -3.58. The molecule has 0 rings (SSSR count). The molecule has 6 heteroatoms. The van der Waals surface area contributed by atoms with Gasteiger partial charge < -0.3 is 10.4 Å². The highest BCUT2D eigenvalue weighted by Crippen LogP contribution is 2.43. The fourth-order valence-electron chi connectivity index (χ4n) is 0.716. The first-order valence-corrected chi connectivity index (χ1v) is 5.77. The number of hydrogen-bond acceptors (Lipinski definition) is 5. The zero-order chi connectivity index (χ0) is 9.45. The molecule has 0 heterocycles. The van der Waals surface area contributed by atoms with Gasteiger partial charge in [-0.3, -0.25) is 0 Å². The smallest absolute Gasteiger partial charge is 0.396 e. The Morgan fingerprint density at radius 1 is 1.00 bits per heavy atom. The van der Waals surface area contributed by atoms with E-state index in [4.69, 9.17) is 19.8 Å². The van der Waals surface area contributed by atoms with Crippen molar-refractivity contribution in [1.82, 2.24) is 5.32 Å². The normalized spacial score (nSPS) is 12.0. The Morgan fingerprint density at radius 3 is 2.17 bits per heavy atom.